The lowest BCUT2D eigenvalue weighted by atomic mass is 9.87. The Kier molecular flexibility index (Phi) is 3.05. The number of aromatic nitrogens is 2. The molecule has 0 spiro atoms. The van der Waals surface area contributed by atoms with Gasteiger partial charge in [-0.2, -0.15) is 18.3 Å². The van der Waals surface area contributed by atoms with Gasteiger partial charge >= 0.3 is 6.18 Å². The van der Waals surface area contributed by atoms with E-state index in [2.05, 4.69) is 15.5 Å². The van der Waals surface area contributed by atoms with Crippen LogP contribution in [0.25, 0.3) is 0 Å². The van der Waals surface area contributed by atoms with Crippen molar-refractivity contribution in [3.63, 3.8) is 0 Å². The molecule has 1 aliphatic rings. The number of hydrogen-bond acceptors (Lipinski definition) is 2. The van der Waals surface area contributed by atoms with Gasteiger partial charge in [0, 0.05) is 17.3 Å². The third-order valence-electron chi connectivity index (χ3n) is 3.03. The van der Waals surface area contributed by atoms with E-state index in [1.165, 1.54) is 0 Å². The quantitative estimate of drug-likeness (QED) is 0.843. The highest BCUT2D eigenvalue weighted by Crippen LogP contribution is 2.38. The van der Waals surface area contributed by atoms with Gasteiger partial charge < -0.3 is 5.32 Å². The Hall–Kier alpha value is -1.20. The van der Waals surface area contributed by atoms with Crippen molar-refractivity contribution >= 4 is 5.82 Å². The molecule has 1 aliphatic carbocycles. The molecule has 0 amide bonds. The van der Waals surface area contributed by atoms with Gasteiger partial charge in [0.2, 0.25) is 0 Å². The van der Waals surface area contributed by atoms with Gasteiger partial charge in [-0.3, -0.25) is 5.10 Å². The number of nitrogens with zero attached hydrogens (tertiary/aromatic N) is 1. The molecule has 0 fully saturated rings. The van der Waals surface area contributed by atoms with Crippen LogP contribution >= 0.6 is 0 Å². The smallest absolute Gasteiger partial charge is 0.366 e. The monoisotopic (exact) mass is 247 g/mol. The molecule has 2 N–H and O–H groups in total. The highest BCUT2D eigenvalue weighted by atomic mass is 19.4. The molecule has 1 aromatic rings. The predicted molar refractivity (Wildman–Crippen MR) is 58.9 cm³/mol. The van der Waals surface area contributed by atoms with Crippen molar-refractivity contribution in [1.29, 1.82) is 0 Å². The summed E-state index contributed by atoms with van der Waals surface area (Å²) in [6.45, 7) is 3.87. The number of nitrogens with one attached hydrogen (secondary N) is 2. The fourth-order valence-electron chi connectivity index (χ4n) is 2.17. The number of fused-ring (bicyclic) bond motifs is 1. The molecule has 0 aromatic carbocycles. The molecule has 17 heavy (non-hydrogen) atoms. The summed E-state index contributed by atoms with van der Waals surface area (Å²) in [4.78, 5) is 0. The van der Waals surface area contributed by atoms with Crippen molar-refractivity contribution in [2.75, 3.05) is 5.32 Å². The van der Waals surface area contributed by atoms with Crippen molar-refractivity contribution in [1.82, 2.24) is 10.2 Å². The zero-order chi connectivity index (χ0) is 12.6. The summed E-state index contributed by atoms with van der Waals surface area (Å²) in [7, 11) is 0. The predicted octanol–water partition coefficient (Wildman–Crippen LogP) is 2.90. The van der Waals surface area contributed by atoms with Crippen molar-refractivity contribution in [3.05, 3.63) is 11.3 Å². The highest BCUT2D eigenvalue weighted by molar-refractivity contribution is 5.48. The molecule has 6 heteroatoms. The Labute approximate surface area is 97.8 Å². The first-order chi connectivity index (χ1) is 7.88. The Bertz CT molecular complexity index is 395. The third kappa shape index (κ3) is 2.56. The second-order valence-electron chi connectivity index (χ2n) is 4.81. The van der Waals surface area contributed by atoms with E-state index in [9.17, 15) is 13.2 Å². The fourth-order valence-corrected chi connectivity index (χ4v) is 2.17. The second-order valence-corrected chi connectivity index (χ2v) is 4.81. The van der Waals surface area contributed by atoms with Gasteiger partial charge in [0.25, 0.3) is 0 Å². The van der Waals surface area contributed by atoms with Gasteiger partial charge in [0.15, 0.2) is 5.82 Å². The maximum absolute atomic E-state index is 12.7. The zero-order valence-corrected chi connectivity index (χ0v) is 9.86. The maximum Gasteiger partial charge on any atom is 0.392 e. The normalized spacial score (nSPS) is 20.5. The van der Waals surface area contributed by atoms with Crippen LogP contribution in [0, 0.1) is 5.92 Å². The molecule has 0 aliphatic heterocycles. The van der Waals surface area contributed by atoms with Gasteiger partial charge in [-0.15, -0.1) is 0 Å². The first-order valence-corrected chi connectivity index (χ1v) is 5.77. The molecule has 0 radical (unpaired) electrons. The van der Waals surface area contributed by atoms with Gasteiger partial charge in [-0.25, -0.2) is 0 Å². The summed E-state index contributed by atoms with van der Waals surface area (Å²) in [6, 6.07) is 0.161. The third-order valence-corrected chi connectivity index (χ3v) is 3.03. The summed E-state index contributed by atoms with van der Waals surface area (Å²) in [6.07, 6.45) is -3.50. The number of anilines is 1. The van der Waals surface area contributed by atoms with Crippen LogP contribution in [0.4, 0.5) is 19.0 Å². The molecule has 2 rings (SSSR count). The molecular weight excluding hydrogens is 231 g/mol. The summed E-state index contributed by atoms with van der Waals surface area (Å²) in [5, 5.41) is 9.95. The van der Waals surface area contributed by atoms with Crippen molar-refractivity contribution in [3.8, 4) is 0 Å². The van der Waals surface area contributed by atoms with E-state index in [0.717, 1.165) is 5.69 Å². The minimum atomic E-state index is -4.11. The highest BCUT2D eigenvalue weighted by Gasteiger charge is 2.42. The zero-order valence-electron chi connectivity index (χ0n) is 9.86. The molecule has 3 nitrogen and oxygen atoms in total. The number of aromatic amines is 1. The standard InChI is InChI=1S/C11H16F3N3/c1-6(2)15-10-8-5-7(11(12,13)14)3-4-9(8)16-17-10/h6-7H,3-5H2,1-2H3,(H2,15,16,17). The minimum absolute atomic E-state index is 0.0321. The summed E-state index contributed by atoms with van der Waals surface area (Å²) in [5.41, 5.74) is 1.54. The lowest BCUT2D eigenvalue weighted by molar-refractivity contribution is -0.177. The Morgan fingerprint density at radius 3 is 2.71 bits per heavy atom. The van der Waals surface area contributed by atoms with Crippen LogP contribution in [0.15, 0.2) is 0 Å². The number of aryl methyl sites for hydroxylation is 1. The first-order valence-electron chi connectivity index (χ1n) is 5.77. The van der Waals surface area contributed by atoms with Crippen molar-refractivity contribution < 1.29 is 13.2 Å². The van der Waals surface area contributed by atoms with Crippen LogP contribution in [-0.4, -0.2) is 22.4 Å². The summed E-state index contributed by atoms with van der Waals surface area (Å²) < 4.78 is 38.1. The van der Waals surface area contributed by atoms with Crippen LogP contribution in [0.2, 0.25) is 0 Å². The van der Waals surface area contributed by atoms with E-state index in [-0.39, 0.29) is 18.9 Å². The average molecular weight is 247 g/mol. The largest absolute Gasteiger partial charge is 0.392 e. The molecule has 0 bridgehead atoms. The SMILES string of the molecule is CC(C)Nc1n[nH]c2c1CC(C(F)(F)F)CC2. The van der Waals surface area contributed by atoms with E-state index >= 15 is 0 Å². The molecule has 1 unspecified atom stereocenters. The van der Waals surface area contributed by atoms with E-state index in [4.69, 9.17) is 0 Å². The molecule has 96 valence electrons. The lowest BCUT2D eigenvalue weighted by Crippen LogP contribution is -2.29. The molecule has 0 saturated heterocycles. The fraction of sp³-hybridized carbons (Fsp3) is 0.727. The van der Waals surface area contributed by atoms with Crippen LogP contribution in [0.1, 0.15) is 31.5 Å². The Morgan fingerprint density at radius 2 is 2.12 bits per heavy atom. The van der Waals surface area contributed by atoms with Gasteiger partial charge in [-0.05, 0) is 33.1 Å². The molecule has 1 aromatic heterocycles. The summed E-state index contributed by atoms with van der Waals surface area (Å²) >= 11 is 0. The topological polar surface area (TPSA) is 40.7 Å². The van der Waals surface area contributed by atoms with Crippen LogP contribution < -0.4 is 5.32 Å². The van der Waals surface area contributed by atoms with E-state index in [1.54, 1.807) is 0 Å². The number of alkyl halides is 3. The maximum atomic E-state index is 12.7. The number of H-pyrrole nitrogens is 1. The Morgan fingerprint density at radius 1 is 1.41 bits per heavy atom. The van der Waals surface area contributed by atoms with Gasteiger partial charge in [0.05, 0.1) is 5.92 Å². The number of halogens is 3. The molecular formula is C11H16F3N3. The average Bonchev–Trinajstić information content (AvgIpc) is 2.59. The van der Waals surface area contributed by atoms with Crippen LogP contribution in [-0.2, 0) is 12.8 Å². The molecule has 1 heterocycles. The lowest BCUT2D eigenvalue weighted by Gasteiger charge is -2.24. The van der Waals surface area contributed by atoms with Gasteiger partial charge in [-0.1, -0.05) is 0 Å². The number of hydrogen-bond donors (Lipinski definition) is 2. The van der Waals surface area contributed by atoms with Crippen molar-refractivity contribution in [2.24, 2.45) is 5.92 Å². The second kappa shape index (κ2) is 4.23. The van der Waals surface area contributed by atoms with Crippen LogP contribution in [0.5, 0.6) is 0 Å². The van der Waals surface area contributed by atoms with Gasteiger partial charge in [0.1, 0.15) is 0 Å². The molecule has 1 atom stereocenters. The summed E-state index contributed by atoms with van der Waals surface area (Å²) in [5.74, 6) is -0.663. The number of rotatable bonds is 2. The first kappa shape index (κ1) is 12.3. The van der Waals surface area contributed by atoms with E-state index in [0.29, 0.717) is 17.8 Å². The van der Waals surface area contributed by atoms with Crippen LogP contribution in [0.3, 0.4) is 0 Å². The minimum Gasteiger partial charge on any atom is -0.366 e. The van der Waals surface area contributed by atoms with E-state index < -0.39 is 12.1 Å². The van der Waals surface area contributed by atoms with E-state index in [1.807, 2.05) is 13.8 Å². The Balaban J connectivity index is 2.20. The van der Waals surface area contributed by atoms with Crippen molar-refractivity contribution in [2.45, 2.75) is 45.3 Å². The molecule has 0 saturated carbocycles.